The lowest BCUT2D eigenvalue weighted by atomic mass is 9.87. The van der Waals surface area contributed by atoms with E-state index in [9.17, 15) is 0 Å². The molecule has 0 saturated carbocycles. The van der Waals surface area contributed by atoms with Crippen LogP contribution in [0.2, 0.25) is 5.02 Å². The Morgan fingerprint density at radius 3 is 3.00 bits per heavy atom. The van der Waals surface area contributed by atoms with E-state index in [0.29, 0.717) is 16.7 Å². The first kappa shape index (κ1) is 14.6. The van der Waals surface area contributed by atoms with E-state index in [2.05, 4.69) is 12.3 Å². The van der Waals surface area contributed by atoms with E-state index < -0.39 is 0 Å². The molecule has 1 heterocycles. The molecule has 2 rings (SSSR count). The zero-order valence-corrected chi connectivity index (χ0v) is 12.1. The van der Waals surface area contributed by atoms with Crippen LogP contribution in [0.1, 0.15) is 31.4 Å². The molecule has 1 aliphatic heterocycles. The van der Waals surface area contributed by atoms with Crippen LogP contribution >= 0.6 is 11.6 Å². The minimum Gasteiger partial charge on any atom is -0.495 e. The molecule has 0 aliphatic carbocycles. The molecule has 1 saturated heterocycles. The smallest absolute Gasteiger partial charge is 0.137 e. The van der Waals surface area contributed by atoms with Gasteiger partial charge in [0, 0.05) is 12.5 Å². The molecule has 3 atom stereocenters. The van der Waals surface area contributed by atoms with Gasteiger partial charge in [0.15, 0.2) is 0 Å². The quantitative estimate of drug-likeness (QED) is 0.645. The Morgan fingerprint density at radius 1 is 1.58 bits per heavy atom. The Hall–Kier alpha value is -0.810. The first-order chi connectivity index (χ1) is 9.21. The van der Waals surface area contributed by atoms with E-state index in [-0.39, 0.29) is 12.1 Å². The molecule has 3 N–H and O–H groups in total. The maximum absolute atomic E-state index is 6.06. The summed E-state index contributed by atoms with van der Waals surface area (Å²) in [5.74, 6) is 6.80. The van der Waals surface area contributed by atoms with E-state index in [0.717, 1.165) is 25.0 Å². The number of nitrogens with two attached hydrogens (primary N) is 1. The zero-order valence-electron chi connectivity index (χ0n) is 11.4. The lowest BCUT2D eigenvalue weighted by molar-refractivity contribution is 0.0774. The molecule has 0 spiro atoms. The van der Waals surface area contributed by atoms with Crippen LogP contribution in [0.3, 0.4) is 0 Å². The van der Waals surface area contributed by atoms with Gasteiger partial charge in [-0.1, -0.05) is 24.6 Å². The number of benzene rings is 1. The standard InChI is InChI=1S/C14H21ClN2O2/c1-3-12-10(6-7-19-12)14(17-16)9-4-5-11(15)13(8-9)18-2/h4-5,8,10,12,14,17H,3,6-7,16H2,1-2H3. The molecule has 5 heteroatoms. The molecule has 1 aromatic carbocycles. The molecule has 0 amide bonds. The number of halogens is 1. The summed E-state index contributed by atoms with van der Waals surface area (Å²) in [5.41, 5.74) is 4.00. The molecule has 0 bridgehead atoms. The summed E-state index contributed by atoms with van der Waals surface area (Å²) < 4.78 is 11.0. The van der Waals surface area contributed by atoms with Gasteiger partial charge < -0.3 is 9.47 Å². The highest BCUT2D eigenvalue weighted by atomic mass is 35.5. The van der Waals surface area contributed by atoms with Crippen LogP contribution in [-0.2, 0) is 4.74 Å². The van der Waals surface area contributed by atoms with Crippen molar-refractivity contribution in [3.05, 3.63) is 28.8 Å². The normalized spacial score (nSPS) is 24.4. The fourth-order valence-corrected chi connectivity index (χ4v) is 3.00. The fraction of sp³-hybridized carbons (Fsp3) is 0.571. The zero-order chi connectivity index (χ0) is 13.8. The first-order valence-electron chi connectivity index (χ1n) is 6.62. The van der Waals surface area contributed by atoms with Gasteiger partial charge in [0.1, 0.15) is 5.75 Å². The lowest BCUT2D eigenvalue weighted by Crippen LogP contribution is -2.36. The van der Waals surface area contributed by atoms with Crippen LogP contribution < -0.4 is 16.0 Å². The van der Waals surface area contributed by atoms with Crippen LogP contribution in [-0.4, -0.2) is 19.8 Å². The second-order valence-electron chi connectivity index (χ2n) is 4.81. The van der Waals surface area contributed by atoms with Crippen molar-refractivity contribution in [2.24, 2.45) is 11.8 Å². The third-order valence-corrected chi connectivity index (χ3v) is 4.12. The van der Waals surface area contributed by atoms with Crippen molar-refractivity contribution in [2.45, 2.75) is 31.9 Å². The summed E-state index contributed by atoms with van der Waals surface area (Å²) in [6.45, 7) is 2.94. The molecule has 1 fully saturated rings. The monoisotopic (exact) mass is 284 g/mol. The Labute approximate surface area is 119 Å². The topological polar surface area (TPSA) is 56.5 Å². The van der Waals surface area contributed by atoms with Gasteiger partial charge in [-0.25, -0.2) is 0 Å². The minimum absolute atomic E-state index is 0.0543. The summed E-state index contributed by atoms with van der Waals surface area (Å²) in [7, 11) is 1.61. The Balaban J connectivity index is 2.26. The van der Waals surface area contributed by atoms with Gasteiger partial charge >= 0.3 is 0 Å². The predicted octanol–water partition coefficient (Wildman–Crippen LogP) is 2.67. The second kappa shape index (κ2) is 6.57. The first-order valence-corrected chi connectivity index (χ1v) is 7.00. The molecule has 3 unspecified atom stereocenters. The van der Waals surface area contributed by atoms with E-state index in [1.54, 1.807) is 7.11 Å². The molecular formula is C14H21ClN2O2. The number of nitrogens with one attached hydrogen (secondary N) is 1. The van der Waals surface area contributed by atoms with Crippen molar-refractivity contribution < 1.29 is 9.47 Å². The van der Waals surface area contributed by atoms with Crippen LogP contribution in [0.25, 0.3) is 0 Å². The summed E-state index contributed by atoms with van der Waals surface area (Å²) in [6, 6.07) is 5.83. The predicted molar refractivity (Wildman–Crippen MR) is 76.2 cm³/mol. The largest absolute Gasteiger partial charge is 0.495 e. The number of hydrogen-bond donors (Lipinski definition) is 2. The number of methoxy groups -OCH3 is 1. The maximum Gasteiger partial charge on any atom is 0.137 e. The number of rotatable bonds is 5. The average Bonchev–Trinajstić information content (AvgIpc) is 2.89. The maximum atomic E-state index is 6.06. The van der Waals surface area contributed by atoms with Crippen molar-refractivity contribution in [3.8, 4) is 5.75 Å². The molecule has 0 radical (unpaired) electrons. The van der Waals surface area contributed by atoms with Gasteiger partial charge in [0.2, 0.25) is 0 Å². The van der Waals surface area contributed by atoms with Crippen molar-refractivity contribution in [1.29, 1.82) is 0 Å². The van der Waals surface area contributed by atoms with E-state index >= 15 is 0 Å². The molecule has 19 heavy (non-hydrogen) atoms. The van der Waals surface area contributed by atoms with Crippen molar-refractivity contribution in [2.75, 3.05) is 13.7 Å². The van der Waals surface area contributed by atoms with Gasteiger partial charge in [0.25, 0.3) is 0 Å². The van der Waals surface area contributed by atoms with Crippen LogP contribution in [0.15, 0.2) is 18.2 Å². The fourth-order valence-electron chi connectivity index (χ4n) is 2.80. The number of ether oxygens (including phenoxy) is 2. The third kappa shape index (κ3) is 3.03. The molecule has 4 nitrogen and oxygen atoms in total. The molecule has 0 aromatic heterocycles. The van der Waals surface area contributed by atoms with Crippen molar-refractivity contribution in [3.63, 3.8) is 0 Å². The van der Waals surface area contributed by atoms with E-state index in [4.69, 9.17) is 26.9 Å². The SMILES string of the molecule is CCC1OCCC1C(NN)c1ccc(Cl)c(OC)c1. The van der Waals surface area contributed by atoms with Crippen LogP contribution in [0.5, 0.6) is 5.75 Å². The minimum atomic E-state index is 0.0543. The molecule has 106 valence electrons. The Morgan fingerprint density at radius 2 is 2.37 bits per heavy atom. The summed E-state index contributed by atoms with van der Waals surface area (Å²) in [6.07, 6.45) is 2.26. The highest BCUT2D eigenvalue weighted by molar-refractivity contribution is 6.32. The highest BCUT2D eigenvalue weighted by Crippen LogP contribution is 2.36. The van der Waals surface area contributed by atoms with Gasteiger partial charge in [-0.3, -0.25) is 11.3 Å². The number of hydrogen-bond acceptors (Lipinski definition) is 4. The lowest BCUT2D eigenvalue weighted by Gasteiger charge is -2.27. The molecular weight excluding hydrogens is 264 g/mol. The summed E-state index contributed by atoms with van der Waals surface area (Å²) in [5, 5.41) is 0.608. The van der Waals surface area contributed by atoms with Crippen molar-refractivity contribution >= 4 is 11.6 Å². The summed E-state index contributed by atoms with van der Waals surface area (Å²) in [4.78, 5) is 0. The van der Waals surface area contributed by atoms with E-state index in [1.165, 1.54) is 0 Å². The van der Waals surface area contributed by atoms with Gasteiger partial charge in [0.05, 0.1) is 24.3 Å². The number of hydrazine groups is 1. The van der Waals surface area contributed by atoms with E-state index in [1.807, 2.05) is 18.2 Å². The Bertz CT molecular complexity index is 428. The van der Waals surface area contributed by atoms with Gasteiger partial charge in [-0.15, -0.1) is 0 Å². The average molecular weight is 285 g/mol. The molecule has 1 aliphatic rings. The van der Waals surface area contributed by atoms with Crippen LogP contribution in [0, 0.1) is 5.92 Å². The van der Waals surface area contributed by atoms with Gasteiger partial charge in [-0.2, -0.15) is 0 Å². The second-order valence-corrected chi connectivity index (χ2v) is 5.22. The summed E-state index contributed by atoms with van der Waals surface area (Å²) >= 11 is 6.06. The Kier molecular flexibility index (Phi) is 5.05. The van der Waals surface area contributed by atoms with Gasteiger partial charge in [-0.05, 0) is 30.5 Å². The van der Waals surface area contributed by atoms with Crippen LogP contribution in [0.4, 0.5) is 0 Å². The molecule has 1 aromatic rings. The highest BCUT2D eigenvalue weighted by Gasteiger charge is 2.34. The van der Waals surface area contributed by atoms with Crippen molar-refractivity contribution in [1.82, 2.24) is 5.43 Å². The third-order valence-electron chi connectivity index (χ3n) is 3.81.